The predicted molar refractivity (Wildman–Crippen MR) is 65.2 cm³/mol. The molecule has 1 aliphatic carbocycles. The number of aliphatic hydroxyl groups is 1. The van der Waals surface area contributed by atoms with Gasteiger partial charge in [0.15, 0.2) is 0 Å². The minimum atomic E-state index is -0.243. The van der Waals surface area contributed by atoms with Crippen LogP contribution in [0.25, 0.3) is 0 Å². The Morgan fingerprint density at radius 1 is 1.38 bits per heavy atom. The number of pyridine rings is 1. The molecule has 2 heteroatoms. The fourth-order valence-electron chi connectivity index (χ4n) is 2.87. The second-order valence-corrected chi connectivity index (χ2v) is 5.11. The van der Waals surface area contributed by atoms with Crippen LogP contribution in [0.3, 0.4) is 0 Å². The van der Waals surface area contributed by atoms with Crippen molar-refractivity contribution in [3.05, 3.63) is 30.1 Å². The van der Waals surface area contributed by atoms with Gasteiger partial charge in [0.2, 0.25) is 0 Å². The molecule has 4 unspecified atom stereocenters. The largest absolute Gasteiger partial charge is 0.392 e. The minimum absolute atomic E-state index is 0.145. The molecule has 16 heavy (non-hydrogen) atoms. The van der Waals surface area contributed by atoms with Crippen LogP contribution in [-0.2, 0) is 0 Å². The van der Waals surface area contributed by atoms with E-state index >= 15 is 0 Å². The van der Waals surface area contributed by atoms with E-state index in [1.54, 1.807) is 6.20 Å². The Labute approximate surface area is 97.7 Å². The highest BCUT2D eigenvalue weighted by Crippen LogP contribution is 2.37. The van der Waals surface area contributed by atoms with E-state index < -0.39 is 0 Å². The van der Waals surface area contributed by atoms with E-state index in [2.05, 4.69) is 18.8 Å². The lowest BCUT2D eigenvalue weighted by molar-refractivity contribution is 0.0682. The van der Waals surface area contributed by atoms with Gasteiger partial charge in [-0.1, -0.05) is 32.8 Å². The van der Waals surface area contributed by atoms with Gasteiger partial charge in [0.05, 0.1) is 6.10 Å². The van der Waals surface area contributed by atoms with E-state index in [9.17, 15) is 5.11 Å². The lowest BCUT2D eigenvalue weighted by Gasteiger charge is -2.27. The van der Waals surface area contributed by atoms with Crippen molar-refractivity contribution in [3.8, 4) is 0 Å². The van der Waals surface area contributed by atoms with Crippen molar-refractivity contribution in [2.75, 3.05) is 0 Å². The molecule has 1 saturated carbocycles. The zero-order chi connectivity index (χ0) is 11.5. The molecule has 1 aromatic heterocycles. The van der Waals surface area contributed by atoms with Crippen LogP contribution in [0.15, 0.2) is 24.4 Å². The SMILES string of the molecule is CC1CCCC1C(O)C(C)c1ccccn1. The molecule has 0 saturated heterocycles. The molecular formula is C14H21NO. The van der Waals surface area contributed by atoms with Crippen molar-refractivity contribution in [2.24, 2.45) is 11.8 Å². The minimum Gasteiger partial charge on any atom is -0.392 e. The first-order valence-electron chi connectivity index (χ1n) is 6.29. The van der Waals surface area contributed by atoms with Gasteiger partial charge < -0.3 is 5.11 Å². The molecule has 0 aromatic carbocycles. The van der Waals surface area contributed by atoms with Crippen molar-refractivity contribution in [3.63, 3.8) is 0 Å². The highest BCUT2D eigenvalue weighted by molar-refractivity contribution is 5.11. The summed E-state index contributed by atoms with van der Waals surface area (Å²) in [6, 6.07) is 5.91. The van der Waals surface area contributed by atoms with Crippen LogP contribution in [0, 0.1) is 11.8 Å². The predicted octanol–water partition coefficient (Wildman–Crippen LogP) is 2.98. The second kappa shape index (κ2) is 4.96. The zero-order valence-corrected chi connectivity index (χ0v) is 10.1. The summed E-state index contributed by atoms with van der Waals surface area (Å²) in [5.41, 5.74) is 1.01. The number of rotatable bonds is 3. The van der Waals surface area contributed by atoms with E-state index in [1.807, 2.05) is 18.2 Å². The molecular weight excluding hydrogens is 198 g/mol. The summed E-state index contributed by atoms with van der Waals surface area (Å²) in [4.78, 5) is 4.34. The summed E-state index contributed by atoms with van der Waals surface area (Å²) in [6.45, 7) is 4.34. The van der Waals surface area contributed by atoms with Crippen LogP contribution >= 0.6 is 0 Å². The second-order valence-electron chi connectivity index (χ2n) is 5.11. The van der Waals surface area contributed by atoms with Crippen molar-refractivity contribution in [1.29, 1.82) is 0 Å². The molecule has 2 rings (SSSR count). The zero-order valence-electron chi connectivity index (χ0n) is 10.1. The van der Waals surface area contributed by atoms with Crippen LogP contribution in [0.4, 0.5) is 0 Å². The average Bonchev–Trinajstić information content (AvgIpc) is 2.75. The summed E-state index contributed by atoms with van der Waals surface area (Å²) < 4.78 is 0. The molecule has 0 amide bonds. The summed E-state index contributed by atoms with van der Waals surface area (Å²) in [7, 11) is 0. The maximum absolute atomic E-state index is 10.4. The Bertz CT molecular complexity index is 325. The highest BCUT2D eigenvalue weighted by Gasteiger charge is 2.33. The Morgan fingerprint density at radius 2 is 2.19 bits per heavy atom. The summed E-state index contributed by atoms with van der Waals surface area (Å²) in [6.07, 6.45) is 5.25. The van der Waals surface area contributed by atoms with Crippen molar-refractivity contribution in [1.82, 2.24) is 4.98 Å². The monoisotopic (exact) mass is 219 g/mol. The topological polar surface area (TPSA) is 33.1 Å². The highest BCUT2D eigenvalue weighted by atomic mass is 16.3. The first kappa shape index (κ1) is 11.6. The van der Waals surface area contributed by atoms with Crippen molar-refractivity contribution >= 4 is 0 Å². The molecule has 1 fully saturated rings. The smallest absolute Gasteiger partial charge is 0.0651 e. The average molecular weight is 219 g/mol. The van der Waals surface area contributed by atoms with Gasteiger partial charge in [-0.15, -0.1) is 0 Å². The van der Waals surface area contributed by atoms with Crippen molar-refractivity contribution in [2.45, 2.75) is 45.1 Å². The van der Waals surface area contributed by atoms with E-state index in [0.717, 1.165) is 5.69 Å². The van der Waals surface area contributed by atoms with Gasteiger partial charge in [0, 0.05) is 17.8 Å². The number of hydrogen-bond donors (Lipinski definition) is 1. The molecule has 0 bridgehead atoms. The summed E-state index contributed by atoms with van der Waals surface area (Å²) >= 11 is 0. The van der Waals surface area contributed by atoms with E-state index in [0.29, 0.717) is 11.8 Å². The van der Waals surface area contributed by atoms with Crippen LogP contribution in [0.5, 0.6) is 0 Å². The number of aromatic nitrogens is 1. The third-order valence-electron chi connectivity index (χ3n) is 4.03. The Morgan fingerprint density at radius 3 is 2.75 bits per heavy atom. The fourth-order valence-corrected chi connectivity index (χ4v) is 2.87. The number of aliphatic hydroxyl groups excluding tert-OH is 1. The van der Waals surface area contributed by atoms with E-state index in [4.69, 9.17) is 0 Å². The maximum atomic E-state index is 10.4. The lowest BCUT2D eigenvalue weighted by atomic mass is 9.84. The van der Waals surface area contributed by atoms with Crippen LogP contribution in [-0.4, -0.2) is 16.2 Å². The van der Waals surface area contributed by atoms with Gasteiger partial charge >= 0.3 is 0 Å². The van der Waals surface area contributed by atoms with Gasteiger partial charge in [0.1, 0.15) is 0 Å². The molecule has 1 heterocycles. The van der Waals surface area contributed by atoms with Gasteiger partial charge in [0.25, 0.3) is 0 Å². The maximum Gasteiger partial charge on any atom is 0.0651 e. The molecule has 2 nitrogen and oxygen atoms in total. The van der Waals surface area contributed by atoms with Crippen LogP contribution in [0.1, 0.15) is 44.7 Å². The Hall–Kier alpha value is -0.890. The Balaban J connectivity index is 2.07. The quantitative estimate of drug-likeness (QED) is 0.847. The summed E-state index contributed by atoms with van der Waals surface area (Å²) in [5, 5.41) is 10.4. The molecule has 1 aliphatic rings. The van der Waals surface area contributed by atoms with Gasteiger partial charge in [-0.2, -0.15) is 0 Å². The van der Waals surface area contributed by atoms with E-state index in [-0.39, 0.29) is 12.0 Å². The molecule has 0 spiro atoms. The molecule has 0 aliphatic heterocycles. The fraction of sp³-hybridized carbons (Fsp3) is 0.643. The molecule has 0 radical (unpaired) electrons. The first-order chi connectivity index (χ1) is 7.70. The molecule has 88 valence electrons. The number of nitrogens with zero attached hydrogens (tertiary/aromatic N) is 1. The normalized spacial score (nSPS) is 28.9. The first-order valence-corrected chi connectivity index (χ1v) is 6.29. The molecule has 1 N–H and O–H groups in total. The Kier molecular flexibility index (Phi) is 3.59. The van der Waals surface area contributed by atoms with Crippen molar-refractivity contribution < 1.29 is 5.11 Å². The van der Waals surface area contributed by atoms with Gasteiger partial charge in [-0.05, 0) is 30.4 Å². The van der Waals surface area contributed by atoms with E-state index in [1.165, 1.54) is 19.3 Å². The third-order valence-corrected chi connectivity index (χ3v) is 4.03. The van der Waals surface area contributed by atoms with Crippen LogP contribution < -0.4 is 0 Å². The number of hydrogen-bond acceptors (Lipinski definition) is 2. The van der Waals surface area contributed by atoms with Gasteiger partial charge in [-0.25, -0.2) is 0 Å². The molecule has 1 aromatic rings. The summed E-state index contributed by atoms with van der Waals surface area (Å²) in [5.74, 6) is 1.25. The molecule has 4 atom stereocenters. The third kappa shape index (κ3) is 2.27. The van der Waals surface area contributed by atoms with Gasteiger partial charge in [-0.3, -0.25) is 4.98 Å². The standard InChI is InChI=1S/C14H21NO/c1-10-6-5-7-12(10)14(16)11(2)13-8-3-4-9-15-13/h3-4,8-12,14,16H,5-7H2,1-2H3. The van der Waals surface area contributed by atoms with Crippen LogP contribution in [0.2, 0.25) is 0 Å². The lowest BCUT2D eigenvalue weighted by Crippen LogP contribution is -2.28.